The summed E-state index contributed by atoms with van der Waals surface area (Å²) in [4.78, 5) is 0. The van der Waals surface area contributed by atoms with Crippen LogP contribution in [-0.2, 0) is 6.42 Å². The summed E-state index contributed by atoms with van der Waals surface area (Å²) < 4.78 is 45.6. The van der Waals surface area contributed by atoms with Gasteiger partial charge in [-0.05, 0) is 103 Å². The Morgan fingerprint density at radius 1 is 0.532 bits per heavy atom. The largest absolute Gasteiger partial charge is 0.206 e. The summed E-state index contributed by atoms with van der Waals surface area (Å²) in [6, 6.07) is 16.4. The standard InChI is InChI=1S/C44H59F3/c1-3-5-7-8-9-10-12-14-38-27-30-41(44(47)43(38)46)37-25-23-36(24-26-37)40-29-28-39(31-42(40)45)35-21-19-34(20-22-35)33-17-15-32(16-18-33)13-11-6-4-2/h23-35H,3-22H2,1-2H3. The van der Waals surface area contributed by atoms with Crippen LogP contribution in [0.3, 0.4) is 0 Å². The number of hydrogen-bond donors (Lipinski definition) is 0. The second kappa shape index (κ2) is 18.3. The van der Waals surface area contributed by atoms with Crippen LogP contribution in [0.15, 0.2) is 54.6 Å². The third kappa shape index (κ3) is 9.76. The zero-order valence-electron chi connectivity index (χ0n) is 29.3. The molecule has 3 aromatic rings. The van der Waals surface area contributed by atoms with E-state index in [1.165, 1.54) is 89.9 Å². The lowest BCUT2D eigenvalue weighted by molar-refractivity contribution is 0.155. The first-order valence-corrected chi connectivity index (χ1v) is 19.4. The van der Waals surface area contributed by atoms with Crippen LogP contribution in [-0.4, -0.2) is 0 Å². The Kier molecular flexibility index (Phi) is 13.9. The zero-order valence-corrected chi connectivity index (χ0v) is 29.3. The molecule has 2 saturated carbocycles. The Balaban J connectivity index is 1.12. The molecule has 0 saturated heterocycles. The molecular weight excluding hydrogens is 585 g/mol. The van der Waals surface area contributed by atoms with Crippen molar-refractivity contribution < 1.29 is 13.2 Å². The molecule has 0 radical (unpaired) electrons. The third-order valence-corrected chi connectivity index (χ3v) is 11.7. The van der Waals surface area contributed by atoms with Crippen LogP contribution >= 0.6 is 0 Å². The van der Waals surface area contributed by atoms with Crippen molar-refractivity contribution in [2.24, 2.45) is 17.8 Å². The fourth-order valence-electron chi connectivity index (χ4n) is 8.68. The van der Waals surface area contributed by atoms with Crippen molar-refractivity contribution in [3.8, 4) is 22.3 Å². The van der Waals surface area contributed by atoms with Gasteiger partial charge in [-0.2, -0.15) is 0 Å². The SMILES string of the molecule is CCCCCCCCCc1ccc(-c2ccc(-c3ccc(C4CCC(C5CCC(CCCCC)CC5)CC4)cc3F)cc2)c(F)c1F. The third-order valence-electron chi connectivity index (χ3n) is 11.7. The van der Waals surface area contributed by atoms with Crippen LogP contribution < -0.4 is 0 Å². The molecule has 0 N–H and O–H groups in total. The number of hydrogen-bond acceptors (Lipinski definition) is 0. The van der Waals surface area contributed by atoms with Gasteiger partial charge >= 0.3 is 0 Å². The van der Waals surface area contributed by atoms with E-state index in [2.05, 4.69) is 19.9 Å². The number of halogens is 3. The van der Waals surface area contributed by atoms with Gasteiger partial charge in [0.15, 0.2) is 11.6 Å². The first kappa shape index (κ1) is 35.7. The summed E-state index contributed by atoms with van der Waals surface area (Å²) >= 11 is 0. The van der Waals surface area contributed by atoms with Gasteiger partial charge in [-0.25, -0.2) is 13.2 Å². The highest BCUT2D eigenvalue weighted by Crippen LogP contribution is 2.45. The molecule has 3 heteroatoms. The van der Waals surface area contributed by atoms with Crippen molar-refractivity contribution in [2.75, 3.05) is 0 Å². The highest BCUT2D eigenvalue weighted by atomic mass is 19.2. The highest BCUT2D eigenvalue weighted by molar-refractivity contribution is 5.71. The Morgan fingerprint density at radius 3 is 1.72 bits per heavy atom. The van der Waals surface area contributed by atoms with Gasteiger partial charge < -0.3 is 0 Å². The molecule has 0 atom stereocenters. The maximum atomic E-state index is 15.5. The van der Waals surface area contributed by atoms with Gasteiger partial charge in [-0.3, -0.25) is 0 Å². The average molecular weight is 645 g/mol. The van der Waals surface area contributed by atoms with Crippen LogP contribution in [0.5, 0.6) is 0 Å². The van der Waals surface area contributed by atoms with Crippen LogP contribution in [0.2, 0.25) is 0 Å². The summed E-state index contributed by atoms with van der Waals surface area (Å²) in [6.07, 6.45) is 24.7. The number of aryl methyl sites for hydroxylation is 1. The first-order chi connectivity index (χ1) is 23.0. The van der Waals surface area contributed by atoms with E-state index in [0.717, 1.165) is 61.0 Å². The predicted octanol–water partition coefficient (Wildman–Crippen LogP) is 14.4. The van der Waals surface area contributed by atoms with E-state index < -0.39 is 11.6 Å². The van der Waals surface area contributed by atoms with Gasteiger partial charge in [0.2, 0.25) is 0 Å². The van der Waals surface area contributed by atoms with E-state index in [4.69, 9.17) is 0 Å². The zero-order chi connectivity index (χ0) is 33.0. The Labute approximate surface area is 284 Å². The van der Waals surface area contributed by atoms with E-state index in [0.29, 0.717) is 29.0 Å². The van der Waals surface area contributed by atoms with Gasteiger partial charge in [0.1, 0.15) is 5.82 Å². The highest BCUT2D eigenvalue weighted by Gasteiger charge is 2.31. The second-order valence-corrected chi connectivity index (χ2v) is 15.0. The van der Waals surface area contributed by atoms with Gasteiger partial charge in [-0.1, -0.05) is 139 Å². The Hall–Kier alpha value is -2.55. The molecule has 256 valence electrons. The van der Waals surface area contributed by atoms with E-state index in [1.54, 1.807) is 30.3 Å². The molecule has 0 aliphatic heterocycles. The molecule has 0 spiro atoms. The Bertz CT molecular complexity index is 1360. The molecule has 5 rings (SSSR count). The summed E-state index contributed by atoms with van der Waals surface area (Å²) in [5.74, 6) is 1.42. The smallest absolute Gasteiger partial charge is 0.166 e. The molecule has 3 aromatic carbocycles. The van der Waals surface area contributed by atoms with Crippen molar-refractivity contribution in [1.82, 2.24) is 0 Å². The normalized spacial score (nSPS) is 21.6. The van der Waals surface area contributed by atoms with Crippen LogP contribution in [0.25, 0.3) is 22.3 Å². The van der Waals surface area contributed by atoms with E-state index in [9.17, 15) is 4.39 Å². The molecule has 0 amide bonds. The summed E-state index contributed by atoms with van der Waals surface area (Å²) in [5.41, 5.74) is 3.74. The van der Waals surface area contributed by atoms with E-state index >= 15 is 8.78 Å². The molecule has 2 aliphatic carbocycles. The number of unbranched alkanes of at least 4 members (excludes halogenated alkanes) is 8. The molecular formula is C44H59F3. The van der Waals surface area contributed by atoms with Crippen molar-refractivity contribution in [3.05, 3.63) is 83.2 Å². The van der Waals surface area contributed by atoms with Gasteiger partial charge in [0, 0.05) is 11.1 Å². The average Bonchev–Trinajstić information content (AvgIpc) is 3.10. The summed E-state index contributed by atoms with van der Waals surface area (Å²) in [7, 11) is 0. The maximum Gasteiger partial charge on any atom is 0.166 e. The monoisotopic (exact) mass is 644 g/mol. The lowest BCUT2D eigenvalue weighted by Gasteiger charge is -2.38. The molecule has 0 aromatic heterocycles. The van der Waals surface area contributed by atoms with E-state index in [1.807, 2.05) is 18.2 Å². The number of rotatable bonds is 16. The minimum atomic E-state index is -0.793. The molecule has 47 heavy (non-hydrogen) atoms. The maximum absolute atomic E-state index is 15.5. The lowest BCUT2D eigenvalue weighted by Crippen LogP contribution is -2.25. The van der Waals surface area contributed by atoms with Crippen molar-refractivity contribution in [3.63, 3.8) is 0 Å². The first-order valence-electron chi connectivity index (χ1n) is 19.4. The minimum absolute atomic E-state index is 0.203. The predicted molar refractivity (Wildman–Crippen MR) is 193 cm³/mol. The van der Waals surface area contributed by atoms with E-state index in [-0.39, 0.29) is 11.4 Å². The molecule has 0 nitrogen and oxygen atoms in total. The fraction of sp³-hybridized carbons (Fsp3) is 0.591. The van der Waals surface area contributed by atoms with Crippen LogP contribution in [0.1, 0.15) is 153 Å². The molecule has 2 aliphatic rings. The lowest BCUT2D eigenvalue weighted by atomic mass is 9.68. The minimum Gasteiger partial charge on any atom is -0.206 e. The quantitative estimate of drug-likeness (QED) is 0.136. The van der Waals surface area contributed by atoms with Crippen LogP contribution in [0, 0.1) is 35.2 Å². The number of benzene rings is 3. The molecule has 2 fully saturated rings. The van der Waals surface area contributed by atoms with Crippen molar-refractivity contribution >= 4 is 0 Å². The topological polar surface area (TPSA) is 0 Å². The molecule has 0 heterocycles. The van der Waals surface area contributed by atoms with Crippen molar-refractivity contribution in [2.45, 2.75) is 148 Å². The Morgan fingerprint density at radius 2 is 1.09 bits per heavy atom. The van der Waals surface area contributed by atoms with Crippen LogP contribution in [0.4, 0.5) is 13.2 Å². The van der Waals surface area contributed by atoms with Gasteiger partial charge in [0.25, 0.3) is 0 Å². The fourth-order valence-corrected chi connectivity index (χ4v) is 8.68. The summed E-state index contributed by atoms with van der Waals surface area (Å²) in [5, 5.41) is 0. The summed E-state index contributed by atoms with van der Waals surface area (Å²) in [6.45, 7) is 4.50. The van der Waals surface area contributed by atoms with Gasteiger partial charge in [-0.15, -0.1) is 0 Å². The molecule has 0 unspecified atom stereocenters. The second-order valence-electron chi connectivity index (χ2n) is 15.0. The molecule has 0 bridgehead atoms. The van der Waals surface area contributed by atoms with Crippen molar-refractivity contribution in [1.29, 1.82) is 0 Å². The van der Waals surface area contributed by atoms with Gasteiger partial charge in [0.05, 0.1) is 0 Å².